The number of aromatic nitrogens is 1. The summed E-state index contributed by atoms with van der Waals surface area (Å²) in [4.78, 5) is 5.27. The van der Waals surface area contributed by atoms with E-state index >= 15 is 23.4 Å². The van der Waals surface area contributed by atoms with E-state index in [0.717, 1.165) is 71.9 Å². The van der Waals surface area contributed by atoms with E-state index in [2.05, 4.69) is 105 Å². The molecule has 0 N–H and O–H groups in total. The Labute approximate surface area is 447 Å². The van der Waals surface area contributed by atoms with Gasteiger partial charge in [-0.05, 0) is 215 Å². The molecule has 0 aliphatic heterocycles. The summed E-state index contributed by atoms with van der Waals surface area (Å²) < 4.78 is 51.3. The van der Waals surface area contributed by atoms with E-state index < -0.39 is 11.7 Å². The first kappa shape index (κ1) is 52.7. The number of pyridine rings is 1. The second-order valence-corrected chi connectivity index (χ2v) is 32.1. The van der Waals surface area contributed by atoms with Gasteiger partial charge in [0.1, 0.15) is 0 Å². The average molecular weight is 1150 g/mol. The Morgan fingerprint density at radius 2 is 0.753 bits per heavy atom. The van der Waals surface area contributed by atoms with Crippen LogP contribution in [0.2, 0.25) is 9.36 Å². The Morgan fingerprint density at radius 1 is 0.452 bits per heavy atom. The van der Waals surface area contributed by atoms with Crippen molar-refractivity contribution in [1.29, 1.82) is 0 Å². The molecule has 1 aromatic heterocycles. The first-order valence-electron chi connectivity index (χ1n) is 27.5. The van der Waals surface area contributed by atoms with E-state index in [9.17, 15) is 0 Å². The third kappa shape index (κ3) is 9.23. The summed E-state index contributed by atoms with van der Waals surface area (Å²) in [7, 11) is 0. The van der Waals surface area contributed by atoms with Crippen LogP contribution in [0.4, 0.5) is 13.2 Å². The van der Waals surface area contributed by atoms with Gasteiger partial charge in [0.05, 0.1) is 17.0 Å². The fourth-order valence-electron chi connectivity index (χ4n) is 19.6. The zero-order valence-electron chi connectivity index (χ0n) is 46.5. The molecular formula is C66H80F3HfNO2. The SMILES string of the molecule is Cc1cc(-c2ccc(C(C)C)cc2-c2cc(C(F)(F)F)cc(-c3cc(C(C)C)ccc3-c3cc(C)cc(C45CC6(C)CC(C)(CC(C)(C6)C4)C5)c3[O-])n2)c([O-])c(C23CC4(C)CC(C)(CC(C)(C4)C2)C3)c1.[CH3][Hf+2][CH3]. The molecule has 0 atom stereocenters. The summed E-state index contributed by atoms with van der Waals surface area (Å²) in [5, 5.41) is 31.0. The summed E-state index contributed by atoms with van der Waals surface area (Å²) >= 11 is 0.0833. The van der Waals surface area contributed by atoms with Crippen LogP contribution in [0.3, 0.4) is 0 Å². The van der Waals surface area contributed by atoms with Crippen molar-refractivity contribution in [1.82, 2.24) is 4.98 Å². The van der Waals surface area contributed by atoms with Gasteiger partial charge in [0, 0.05) is 11.1 Å². The van der Waals surface area contributed by atoms with Crippen molar-refractivity contribution in [2.24, 2.45) is 32.5 Å². The minimum absolute atomic E-state index is 0.0183. The number of rotatable bonds is 8. The monoisotopic (exact) mass is 1160 g/mol. The third-order valence-electron chi connectivity index (χ3n) is 19.0. The molecule has 8 saturated carbocycles. The van der Waals surface area contributed by atoms with Gasteiger partial charge >= 0.3 is 38.4 Å². The molecule has 8 bridgehead atoms. The van der Waals surface area contributed by atoms with Gasteiger partial charge in [-0.2, -0.15) is 13.2 Å². The first-order chi connectivity index (χ1) is 33.9. The fourth-order valence-corrected chi connectivity index (χ4v) is 19.6. The Kier molecular flexibility index (Phi) is 12.6. The molecule has 386 valence electrons. The number of nitrogens with zero attached hydrogens (tertiary/aromatic N) is 1. The van der Waals surface area contributed by atoms with E-state index in [1.807, 2.05) is 48.5 Å². The second kappa shape index (κ2) is 17.4. The van der Waals surface area contributed by atoms with Gasteiger partial charge < -0.3 is 10.2 Å². The molecule has 0 spiro atoms. The number of halogens is 3. The van der Waals surface area contributed by atoms with Crippen LogP contribution in [-0.4, -0.2) is 4.98 Å². The molecule has 73 heavy (non-hydrogen) atoms. The molecule has 0 unspecified atom stereocenters. The van der Waals surface area contributed by atoms with Crippen LogP contribution in [-0.2, 0) is 39.9 Å². The van der Waals surface area contributed by atoms with Crippen LogP contribution in [0, 0.1) is 46.3 Å². The zero-order valence-corrected chi connectivity index (χ0v) is 50.1. The van der Waals surface area contributed by atoms with Gasteiger partial charge in [0.15, 0.2) is 0 Å². The van der Waals surface area contributed by atoms with E-state index in [4.69, 9.17) is 4.98 Å². The van der Waals surface area contributed by atoms with Gasteiger partial charge in [0.25, 0.3) is 0 Å². The summed E-state index contributed by atoms with van der Waals surface area (Å²) in [6, 6.07) is 22.3. The molecule has 8 fully saturated rings. The first-order valence-corrected chi connectivity index (χ1v) is 34.7. The average Bonchev–Trinajstić information content (AvgIpc) is 3.23. The zero-order chi connectivity index (χ0) is 52.9. The van der Waals surface area contributed by atoms with Crippen molar-refractivity contribution in [2.45, 2.75) is 198 Å². The van der Waals surface area contributed by atoms with E-state index in [1.165, 1.54) is 50.7 Å². The predicted molar refractivity (Wildman–Crippen MR) is 287 cm³/mol. The molecule has 0 amide bonds. The molecule has 1 heterocycles. The van der Waals surface area contributed by atoms with Crippen molar-refractivity contribution in [2.75, 3.05) is 0 Å². The van der Waals surface area contributed by atoms with Crippen LogP contribution in [0.5, 0.6) is 11.5 Å². The quantitative estimate of drug-likeness (QED) is 0.146. The predicted octanol–water partition coefficient (Wildman–Crippen LogP) is 18.2. The minimum atomic E-state index is -4.71. The number of aryl methyl sites for hydroxylation is 2. The standard InChI is InChI=1S/C64H76F3NO2.2CH3.Hf/c1-37(2)41-13-15-44(48-17-39(5)19-50(54(48)69)62-31-56(7)25-57(8,32-62)27-58(9,26-56)33-62)46(21-41)52-23-43(64(65,66)67)24-53(68-52)47-22-42(38(3)4)14-16-45(47)49-18-40(6)20-51(55(49)70)63-34-59(10)28-60(11,35-63)30-61(12,29-59)36-63;;;/h13-24,37-38,69-70H,25-36H2,1-12H3;2*1H3;/q;;;+2/p-2. The van der Waals surface area contributed by atoms with Crippen LogP contribution in [0.15, 0.2) is 72.8 Å². The summed E-state index contributed by atoms with van der Waals surface area (Å²) in [6.45, 7) is 27.0. The van der Waals surface area contributed by atoms with Gasteiger partial charge in [-0.25, -0.2) is 4.98 Å². The topological polar surface area (TPSA) is 59.0 Å². The van der Waals surface area contributed by atoms with E-state index in [1.54, 1.807) is 0 Å². The van der Waals surface area contributed by atoms with Crippen LogP contribution < -0.4 is 10.2 Å². The molecule has 0 saturated heterocycles. The molecule has 8 aliphatic carbocycles. The van der Waals surface area contributed by atoms with Crippen LogP contribution in [0.25, 0.3) is 44.8 Å². The van der Waals surface area contributed by atoms with Crippen molar-refractivity contribution >= 4 is 0 Å². The Morgan fingerprint density at radius 3 is 1.03 bits per heavy atom. The maximum atomic E-state index is 15.6. The molecule has 13 rings (SSSR count). The maximum absolute atomic E-state index is 15.6. The normalized spacial score (nSPS) is 32.8. The number of hydrogen-bond acceptors (Lipinski definition) is 3. The molecular weight excluding hydrogens is 1070 g/mol. The molecule has 0 radical (unpaired) electrons. The van der Waals surface area contributed by atoms with Crippen molar-refractivity contribution in [3.05, 3.63) is 112 Å². The van der Waals surface area contributed by atoms with E-state index in [0.29, 0.717) is 33.4 Å². The molecule has 8 aliphatic rings. The van der Waals surface area contributed by atoms with Gasteiger partial charge in [0.2, 0.25) is 0 Å². The summed E-state index contributed by atoms with van der Waals surface area (Å²) in [5.74, 6) is 0.0915. The van der Waals surface area contributed by atoms with Crippen molar-refractivity contribution in [3.63, 3.8) is 0 Å². The van der Waals surface area contributed by atoms with Crippen molar-refractivity contribution in [3.8, 4) is 56.3 Å². The number of benzene rings is 4. The summed E-state index contributed by atoms with van der Waals surface area (Å²) in [6.07, 6.45) is 8.22. The van der Waals surface area contributed by atoms with Crippen LogP contribution in [0.1, 0.15) is 197 Å². The molecule has 5 aromatic rings. The Balaban J connectivity index is 0.00000199. The third-order valence-corrected chi connectivity index (χ3v) is 19.0. The Hall–Kier alpha value is -3.71. The molecule has 3 nitrogen and oxygen atoms in total. The molecule has 7 heteroatoms. The van der Waals surface area contributed by atoms with E-state index in [-0.39, 0.29) is 101 Å². The van der Waals surface area contributed by atoms with Crippen molar-refractivity contribution < 1.29 is 46.3 Å². The molecule has 4 aromatic carbocycles. The van der Waals surface area contributed by atoms with Crippen LogP contribution >= 0.6 is 0 Å². The van der Waals surface area contributed by atoms with Gasteiger partial charge in [-0.15, -0.1) is 0 Å². The number of alkyl halides is 3. The Bertz CT molecular complexity index is 2740. The van der Waals surface area contributed by atoms with Gasteiger partial charge in [-0.1, -0.05) is 140 Å². The fraction of sp³-hybridized carbons (Fsp3) is 0.561. The summed E-state index contributed by atoms with van der Waals surface area (Å²) in [5.41, 5.74) is 8.70. The van der Waals surface area contributed by atoms with Gasteiger partial charge in [-0.3, -0.25) is 0 Å². The second-order valence-electron chi connectivity index (χ2n) is 28.5. The number of hydrogen-bond donors (Lipinski definition) is 0.